The molecular formula is C21H34ClIN4O. The topological polar surface area (TPSA) is 51.1 Å². The molecule has 0 bridgehead atoms. The van der Waals surface area contributed by atoms with Gasteiger partial charge in [-0.05, 0) is 63.2 Å². The Bertz CT molecular complexity index is 614. The van der Waals surface area contributed by atoms with Crippen LogP contribution in [0.25, 0.3) is 0 Å². The van der Waals surface area contributed by atoms with Crippen LogP contribution in [0.4, 0.5) is 0 Å². The first-order valence-electron chi connectivity index (χ1n) is 10.3. The van der Waals surface area contributed by atoms with Crippen molar-refractivity contribution in [1.82, 2.24) is 15.1 Å². The van der Waals surface area contributed by atoms with E-state index in [1.54, 1.807) is 0 Å². The van der Waals surface area contributed by atoms with Crippen LogP contribution in [0.1, 0.15) is 38.2 Å². The number of hydrogen-bond donors (Lipinski definition) is 2. The van der Waals surface area contributed by atoms with E-state index in [1.165, 1.54) is 18.4 Å². The predicted octanol–water partition coefficient (Wildman–Crippen LogP) is 3.59. The Morgan fingerprint density at radius 3 is 2.46 bits per heavy atom. The van der Waals surface area contributed by atoms with Gasteiger partial charge < -0.3 is 15.3 Å². The van der Waals surface area contributed by atoms with Crippen molar-refractivity contribution in [2.45, 2.75) is 45.3 Å². The van der Waals surface area contributed by atoms with E-state index in [4.69, 9.17) is 16.6 Å². The standard InChI is InChI=1S/C21H33ClN4O.HI/c1-2-23-21(26-13-9-19(27)10-14-26)24-15-17-7-11-25(12-8-17)16-18-5-3-4-6-20(18)22;/h3-6,17,19,27H,2,7-16H2,1H3,(H,23,24);1H. The molecular weight excluding hydrogens is 487 g/mol. The number of aliphatic imine (C=N–C) groups is 1. The van der Waals surface area contributed by atoms with Gasteiger partial charge in [0.2, 0.25) is 0 Å². The van der Waals surface area contributed by atoms with E-state index < -0.39 is 0 Å². The second-order valence-corrected chi connectivity index (χ2v) is 8.13. The maximum absolute atomic E-state index is 9.72. The van der Waals surface area contributed by atoms with Crippen LogP contribution in [0.3, 0.4) is 0 Å². The molecule has 3 rings (SSSR count). The molecule has 0 aromatic heterocycles. The van der Waals surface area contributed by atoms with Crippen LogP contribution >= 0.6 is 35.6 Å². The molecule has 0 saturated carbocycles. The Balaban J connectivity index is 0.00000280. The number of hydrogen-bond acceptors (Lipinski definition) is 3. The molecule has 5 nitrogen and oxygen atoms in total. The maximum atomic E-state index is 9.72. The smallest absolute Gasteiger partial charge is 0.193 e. The first-order chi connectivity index (χ1) is 13.2. The van der Waals surface area contributed by atoms with Crippen molar-refractivity contribution in [3.63, 3.8) is 0 Å². The molecule has 2 aliphatic rings. The fraction of sp³-hybridized carbons (Fsp3) is 0.667. The van der Waals surface area contributed by atoms with E-state index in [0.717, 1.165) is 69.6 Å². The maximum Gasteiger partial charge on any atom is 0.193 e. The number of aliphatic hydroxyl groups is 1. The second-order valence-electron chi connectivity index (χ2n) is 7.72. The molecule has 2 heterocycles. The molecule has 0 unspecified atom stereocenters. The van der Waals surface area contributed by atoms with Gasteiger partial charge in [-0.2, -0.15) is 0 Å². The van der Waals surface area contributed by atoms with Crippen molar-refractivity contribution in [3.8, 4) is 0 Å². The van der Waals surface area contributed by atoms with Crippen molar-refractivity contribution in [1.29, 1.82) is 0 Å². The Kier molecular flexibility index (Phi) is 10.3. The lowest BCUT2D eigenvalue weighted by molar-refractivity contribution is 0.108. The van der Waals surface area contributed by atoms with Gasteiger partial charge in [0.15, 0.2) is 5.96 Å². The largest absolute Gasteiger partial charge is 0.393 e. The fourth-order valence-corrected chi connectivity index (χ4v) is 4.11. The van der Waals surface area contributed by atoms with Gasteiger partial charge in [-0.3, -0.25) is 9.89 Å². The summed E-state index contributed by atoms with van der Waals surface area (Å²) in [5, 5.41) is 14.0. The first-order valence-corrected chi connectivity index (χ1v) is 10.7. The third-order valence-corrected chi connectivity index (χ3v) is 6.03. The van der Waals surface area contributed by atoms with E-state index in [2.05, 4.69) is 34.2 Å². The normalized spacial score (nSPS) is 20.1. The molecule has 2 saturated heterocycles. The van der Waals surface area contributed by atoms with Gasteiger partial charge >= 0.3 is 0 Å². The van der Waals surface area contributed by atoms with Crippen molar-refractivity contribution < 1.29 is 5.11 Å². The number of likely N-dealkylation sites (tertiary alicyclic amines) is 2. The zero-order valence-corrected chi connectivity index (χ0v) is 19.9. The highest BCUT2D eigenvalue weighted by molar-refractivity contribution is 14.0. The third-order valence-electron chi connectivity index (χ3n) is 5.66. The summed E-state index contributed by atoms with van der Waals surface area (Å²) >= 11 is 6.30. The van der Waals surface area contributed by atoms with Crippen molar-refractivity contribution in [2.75, 3.05) is 39.3 Å². The molecule has 0 aliphatic carbocycles. The summed E-state index contributed by atoms with van der Waals surface area (Å²) in [6.07, 6.45) is 3.90. The third kappa shape index (κ3) is 7.04. The number of halogens is 2. The molecule has 0 radical (unpaired) electrons. The van der Waals surface area contributed by atoms with E-state index in [-0.39, 0.29) is 30.1 Å². The predicted molar refractivity (Wildman–Crippen MR) is 128 cm³/mol. The molecule has 0 spiro atoms. The highest BCUT2D eigenvalue weighted by atomic mass is 127. The van der Waals surface area contributed by atoms with Gasteiger partial charge in [-0.25, -0.2) is 0 Å². The van der Waals surface area contributed by atoms with E-state index in [9.17, 15) is 5.11 Å². The van der Waals surface area contributed by atoms with E-state index in [1.807, 2.05) is 12.1 Å². The van der Waals surface area contributed by atoms with Gasteiger partial charge in [0.05, 0.1) is 6.10 Å². The monoisotopic (exact) mass is 520 g/mol. The van der Waals surface area contributed by atoms with Crippen LogP contribution in [0.5, 0.6) is 0 Å². The first kappa shape index (κ1) is 23.7. The lowest BCUT2D eigenvalue weighted by Gasteiger charge is -2.34. The molecule has 0 amide bonds. The Morgan fingerprint density at radius 1 is 1.14 bits per heavy atom. The number of benzene rings is 1. The van der Waals surface area contributed by atoms with Gasteiger partial charge in [0.25, 0.3) is 0 Å². The highest BCUT2D eigenvalue weighted by Gasteiger charge is 2.22. The van der Waals surface area contributed by atoms with Crippen molar-refractivity contribution in [2.24, 2.45) is 10.9 Å². The minimum Gasteiger partial charge on any atom is -0.393 e. The van der Waals surface area contributed by atoms with Gasteiger partial charge in [-0.15, -0.1) is 24.0 Å². The fourth-order valence-electron chi connectivity index (χ4n) is 3.91. The summed E-state index contributed by atoms with van der Waals surface area (Å²) in [5.41, 5.74) is 1.22. The van der Waals surface area contributed by atoms with E-state index in [0.29, 0.717) is 5.92 Å². The number of piperidine rings is 2. The number of rotatable bonds is 5. The van der Waals surface area contributed by atoms with Crippen LogP contribution < -0.4 is 5.32 Å². The van der Waals surface area contributed by atoms with E-state index >= 15 is 0 Å². The molecule has 7 heteroatoms. The van der Waals surface area contributed by atoms with Crippen LogP contribution in [0.2, 0.25) is 5.02 Å². The minimum absolute atomic E-state index is 0. The number of guanidine groups is 1. The van der Waals surface area contributed by atoms with Crippen LogP contribution in [-0.4, -0.2) is 66.2 Å². The molecule has 0 atom stereocenters. The lowest BCUT2D eigenvalue weighted by atomic mass is 9.96. The molecule has 158 valence electrons. The van der Waals surface area contributed by atoms with Crippen molar-refractivity contribution >= 4 is 41.5 Å². The second kappa shape index (κ2) is 12.2. The minimum atomic E-state index is -0.147. The quantitative estimate of drug-likeness (QED) is 0.354. The summed E-state index contributed by atoms with van der Waals surface area (Å²) in [6, 6.07) is 8.14. The Labute approximate surface area is 191 Å². The number of nitrogens with one attached hydrogen (secondary N) is 1. The SMILES string of the molecule is CCNC(=NCC1CCN(Cc2ccccc2Cl)CC1)N1CCC(O)CC1.I. The Morgan fingerprint density at radius 2 is 1.82 bits per heavy atom. The summed E-state index contributed by atoms with van der Waals surface area (Å²) in [6.45, 7) is 8.83. The summed E-state index contributed by atoms with van der Waals surface area (Å²) in [4.78, 5) is 9.71. The van der Waals surface area contributed by atoms with Gasteiger partial charge in [0.1, 0.15) is 0 Å². The van der Waals surface area contributed by atoms with Gasteiger partial charge in [0, 0.05) is 37.7 Å². The zero-order valence-electron chi connectivity index (χ0n) is 16.8. The van der Waals surface area contributed by atoms with Crippen LogP contribution in [0, 0.1) is 5.92 Å². The average molecular weight is 521 g/mol. The summed E-state index contributed by atoms with van der Waals surface area (Å²) < 4.78 is 0. The van der Waals surface area contributed by atoms with Gasteiger partial charge in [-0.1, -0.05) is 29.8 Å². The van der Waals surface area contributed by atoms with Crippen molar-refractivity contribution in [3.05, 3.63) is 34.9 Å². The number of nitrogens with zero attached hydrogens (tertiary/aromatic N) is 3. The average Bonchev–Trinajstić information content (AvgIpc) is 2.69. The summed E-state index contributed by atoms with van der Waals surface area (Å²) in [5.74, 6) is 1.67. The molecule has 2 aliphatic heterocycles. The molecule has 28 heavy (non-hydrogen) atoms. The molecule has 1 aromatic rings. The molecule has 1 aromatic carbocycles. The Hall–Kier alpha value is -0.570. The number of aliphatic hydroxyl groups excluding tert-OH is 1. The molecule has 2 fully saturated rings. The van der Waals surface area contributed by atoms with Crippen LogP contribution in [0.15, 0.2) is 29.3 Å². The molecule has 2 N–H and O–H groups in total. The zero-order chi connectivity index (χ0) is 19.1. The summed E-state index contributed by atoms with van der Waals surface area (Å²) in [7, 11) is 0. The highest BCUT2D eigenvalue weighted by Crippen LogP contribution is 2.22. The van der Waals surface area contributed by atoms with Crippen LogP contribution in [-0.2, 0) is 6.54 Å². The lowest BCUT2D eigenvalue weighted by Crippen LogP contribution is -2.47.